The van der Waals surface area contributed by atoms with Crippen LogP contribution < -0.4 is 5.73 Å². The highest BCUT2D eigenvalue weighted by atomic mass is 16.5. The quantitative estimate of drug-likeness (QED) is 0.869. The van der Waals surface area contributed by atoms with Crippen molar-refractivity contribution in [3.8, 4) is 0 Å². The minimum absolute atomic E-state index is 0.00972. The lowest BCUT2D eigenvalue weighted by Gasteiger charge is -2.31. The zero-order valence-electron chi connectivity index (χ0n) is 11.5. The fraction of sp³-hybridized carbons (Fsp3) is 0.733. The van der Waals surface area contributed by atoms with Gasteiger partial charge in [0.15, 0.2) is 0 Å². The highest BCUT2D eigenvalue weighted by Crippen LogP contribution is 2.31. The van der Waals surface area contributed by atoms with Gasteiger partial charge < -0.3 is 14.9 Å². The lowest BCUT2D eigenvalue weighted by Crippen LogP contribution is -2.33. The molecule has 2 unspecified atom stereocenters. The molecule has 1 aromatic rings. The van der Waals surface area contributed by atoms with Gasteiger partial charge in [-0.05, 0) is 50.2 Å². The second-order valence-electron chi connectivity index (χ2n) is 5.53. The van der Waals surface area contributed by atoms with Crippen molar-refractivity contribution in [2.45, 2.75) is 64.2 Å². The average molecular weight is 251 g/mol. The Balaban J connectivity index is 1.97. The van der Waals surface area contributed by atoms with Crippen LogP contribution in [-0.2, 0) is 4.74 Å². The van der Waals surface area contributed by atoms with Crippen molar-refractivity contribution in [2.75, 3.05) is 0 Å². The van der Waals surface area contributed by atoms with Crippen molar-refractivity contribution < 1.29 is 9.15 Å². The Bertz CT molecular complexity index is 328. The van der Waals surface area contributed by atoms with E-state index in [-0.39, 0.29) is 12.1 Å². The largest absolute Gasteiger partial charge is 0.467 e. The molecule has 1 aliphatic carbocycles. The van der Waals surface area contributed by atoms with Crippen LogP contribution in [0.2, 0.25) is 0 Å². The summed E-state index contributed by atoms with van der Waals surface area (Å²) in [5, 5.41) is 0. The molecule has 0 saturated heterocycles. The summed E-state index contributed by atoms with van der Waals surface area (Å²) in [4.78, 5) is 0. The summed E-state index contributed by atoms with van der Waals surface area (Å²) in [6.45, 7) is 4.41. The summed E-state index contributed by atoms with van der Waals surface area (Å²) >= 11 is 0. The van der Waals surface area contributed by atoms with Gasteiger partial charge in [-0.2, -0.15) is 0 Å². The zero-order chi connectivity index (χ0) is 13.0. The lowest BCUT2D eigenvalue weighted by atomic mass is 9.88. The van der Waals surface area contributed by atoms with Gasteiger partial charge in [0.2, 0.25) is 0 Å². The van der Waals surface area contributed by atoms with E-state index in [2.05, 4.69) is 13.8 Å². The van der Waals surface area contributed by atoms with E-state index in [9.17, 15) is 0 Å². The van der Waals surface area contributed by atoms with Crippen LogP contribution in [-0.4, -0.2) is 12.1 Å². The second-order valence-corrected chi connectivity index (χ2v) is 5.53. The van der Waals surface area contributed by atoms with E-state index < -0.39 is 0 Å². The Morgan fingerprint density at radius 1 is 1.39 bits per heavy atom. The molecule has 2 rings (SSSR count). The maximum absolute atomic E-state index is 6.22. The molecule has 0 aliphatic heterocycles. The summed E-state index contributed by atoms with van der Waals surface area (Å²) in [7, 11) is 0. The Morgan fingerprint density at radius 2 is 2.11 bits per heavy atom. The van der Waals surface area contributed by atoms with E-state index in [4.69, 9.17) is 14.9 Å². The molecule has 0 spiro atoms. The third-order valence-electron chi connectivity index (χ3n) is 3.99. The van der Waals surface area contributed by atoms with Gasteiger partial charge in [0.1, 0.15) is 11.9 Å². The van der Waals surface area contributed by atoms with Gasteiger partial charge in [-0.3, -0.25) is 0 Å². The van der Waals surface area contributed by atoms with E-state index in [1.807, 2.05) is 12.1 Å². The predicted octanol–water partition coefficient (Wildman–Crippen LogP) is 3.65. The van der Waals surface area contributed by atoms with Crippen LogP contribution in [0.3, 0.4) is 0 Å². The molecule has 3 nitrogen and oxygen atoms in total. The molecule has 1 fully saturated rings. The Labute approximate surface area is 110 Å². The molecule has 18 heavy (non-hydrogen) atoms. The number of ether oxygens (including phenoxy) is 1. The first-order chi connectivity index (χ1) is 8.70. The average Bonchev–Trinajstić information content (AvgIpc) is 2.91. The minimum atomic E-state index is -0.0941. The second kappa shape index (κ2) is 6.39. The first kappa shape index (κ1) is 13.6. The van der Waals surface area contributed by atoms with Gasteiger partial charge in [0.05, 0.1) is 12.4 Å². The SMILES string of the molecule is CCC(N)C(OC1CCC(C)CC1)c1ccco1. The molecule has 1 heterocycles. The van der Waals surface area contributed by atoms with Crippen molar-refractivity contribution in [3.05, 3.63) is 24.2 Å². The zero-order valence-corrected chi connectivity index (χ0v) is 11.5. The topological polar surface area (TPSA) is 48.4 Å². The number of furan rings is 1. The van der Waals surface area contributed by atoms with Crippen LogP contribution in [0, 0.1) is 5.92 Å². The van der Waals surface area contributed by atoms with Crippen LogP contribution in [0.1, 0.15) is 57.8 Å². The van der Waals surface area contributed by atoms with Crippen LogP contribution in [0.4, 0.5) is 0 Å². The highest BCUT2D eigenvalue weighted by Gasteiger charge is 2.27. The van der Waals surface area contributed by atoms with Gasteiger partial charge in [-0.15, -0.1) is 0 Å². The summed E-state index contributed by atoms with van der Waals surface area (Å²) in [5.74, 6) is 1.70. The molecule has 0 amide bonds. The maximum atomic E-state index is 6.22. The number of hydrogen-bond donors (Lipinski definition) is 1. The maximum Gasteiger partial charge on any atom is 0.134 e. The van der Waals surface area contributed by atoms with Crippen molar-refractivity contribution in [1.29, 1.82) is 0 Å². The number of nitrogens with two attached hydrogens (primary N) is 1. The van der Waals surface area contributed by atoms with Crippen LogP contribution in [0.5, 0.6) is 0 Å². The third-order valence-corrected chi connectivity index (χ3v) is 3.99. The van der Waals surface area contributed by atoms with E-state index in [0.717, 1.165) is 30.9 Å². The fourth-order valence-corrected chi connectivity index (χ4v) is 2.62. The molecule has 102 valence electrons. The minimum Gasteiger partial charge on any atom is -0.467 e. The lowest BCUT2D eigenvalue weighted by molar-refractivity contribution is -0.0577. The number of hydrogen-bond acceptors (Lipinski definition) is 3. The fourth-order valence-electron chi connectivity index (χ4n) is 2.62. The number of rotatable bonds is 5. The molecule has 0 radical (unpaired) electrons. The Kier molecular flexibility index (Phi) is 4.84. The molecule has 2 N–H and O–H groups in total. The van der Waals surface area contributed by atoms with Gasteiger partial charge in [0.25, 0.3) is 0 Å². The van der Waals surface area contributed by atoms with E-state index >= 15 is 0 Å². The molecule has 1 aliphatic rings. The smallest absolute Gasteiger partial charge is 0.134 e. The van der Waals surface area contributed by atoms with Crippen LogP contribution in [0.15, 0.2) is 22.8 Å². The van der Waals surface area contributed by atoms with Gasteiger partial charge in [-0.25, -0.2) is 0 Å². The predicted molar refractivity (Wildman–Crippen MR) is 72.2 cm³/mol. The normalized spacial score (nSPS) is 27.9. The molecule has 1 aromatic heterocycles. The van der Waals surface area contributed by atoms with E-state index in [1.165, 1.54) is 12.8 Å². The van der Waals surface area contributed by atoms with Crippen LogP contribution in [0.25, 0.3) is 0 Å². The summed E-state index contributed by atoms with van der Waals surface area (Å²) in [5.41, 5.74) is 6.17. The Hall–Kier alpha value is -0.800. The molecular formula is C15H25NO2. The van der Waals surface area contributed by atoms with Gasteiger partial charge >= 0.3 is 0 Å². The molecule has 0 aromatic carbocycles. The molecule has 1 saturated carbocycles. The van der Waals surface area contributed by atoms with E-state index in [1.54, 1.807) is 6.26 Å². The highest BCUT2D eigenvalue weighted by molar-refractivity contribution is 5.05. The van der Waals surface area contributed by atoms with Crippen molar-refractivity contribution in [1.82, 2.24) is 0 Å². The summed E-state index contributed by atoms with van der Waals surface area (Å²) < 4.78 is 11.7. The van der Waals surface area contributed by atoms with Crippen molar-refractivity contribution in [3.63, 3.8) is 0 Å². The van der Waals surface area contributed by atoms with Gasteiger partial charge in [0, 0.05) is 6.04 Å². The third kappa shape index (κ3) is 3.36. The van der Waals surface area contributed by atoms with Gasteiger partial charge in [-0.1, -0.05) is 13.8 Å². The van der Waals surface area contributed by atoms with Crippen molar-refractivity contribution >= 4 is 0 Å². The first-order valence-electron chi connectivity index (χ1n) is 7.15. The first-order valence-corrected chi connectivity index (χ1v) is 7.15. The molecule has 0 bridgehead atoms. The molecular weight excluding hydrogens is 226 g/mol. The Morgan fingerprint density at radius 3 is 2.67 bits per heavy atom. The summed E-state index contributed by atoms with van der Waals surface area (Å²) in [6.07, 6.45) is 7.65. The molecule has 2 atom stereocenters. The summed E-state index contributed by atoms with van der Waals surface area (Å²) in [6, 6.07) is 3.87. The van der Waals surface area contributed by atoms with E-state index in [0.29, 0.717) is 6.10 Å². The van der Waals surface area contributed by atoms with Crippen LogP contribution >= 0.6 is 0 Å². The molecule has 3 heteroatoms. The standard InChI is InChI=1S/C15H25NO2/c1-3-13(16)15(14-5-4-10-17-14)18-12-8-6-11(2)7-9-12/h4-5,10-13,15H,3,6-9,16H2,1-2H3. The monoisotopic (exact) mass is 251 g/mol. The van der Waals surface area contributed by atoms with Crippen molar-refractivity contribution in [2.24, 2.45) is 11.7 Å².